The van der Waals surface area contributed by atoms with Crippen LogP contribution in [0, 0.1) is 0 Å². The standard InChI is InChI=1S/C15H19N3O4/c1-15(2,9-8-12(19)20)17-14-16-13(18-22-14)10-4-6-11(21-3)7-5-10/h4-7H,8-9H2,1-3H3,(H,19,20)(H,16,17,18). The van der Waals surface area contributed by atoms with Crippen molar-refractivity contribution in [3.63, 3.8) is 0 Å². The zero-order valence-corrected chi connectivity index (χ0v) is 12.8. The van der Waals surface area contributed by atoms with Crippen molar-refractivity contribution >= 4 is 12.0 Å². The number of anilines is 1. The molecular weight excluding hydrogens is 286 g/mol. The highest BCUT2D eigenvalue weighted by Crippen LogP contribution is 2.23. The quantitative estimate of drug-likeness (QED) is 0.811. The second kappa shape index (κ2) is 6.46. The SMILES string of the molecule is COc1ccc(-c2noc(NC(C)(C)CCC(=O)O)n2)cc1. The van der Waals surface area contributed by atoms with E-state index in [1.807, 2.05) is 38.1 Å². The van der Waals surface area contributed by atoms with Crippen LogP contribution >= 0.6 is 0 Å². The molecule has 0 saturated carbocycles. The van der Waals surface area contributed by atoms with Crippen LogP contribution in [0.2, 0.25) is 0 Å². The van der Waals surface area contributed by atoms with Gasteiger partial charge in [-0.1, -0.05) is 5.16 Å². The number of nitrogens with one attached hydrogen (secondary N) is 1. The van der Waals surface area contributed by atoms with Gasteiger partial charge in [0.25, 0.3) is 0 Å². The average Bonchev–Trinajstić information content (AvgIpc) is 2.93. The summed E-state index contributed by atoms with van der Waals surface area (Å²) in [6, 6.07) is 7.57. The lowest BCUT2D eigenvalue weighted by Gasteiger charge is -2.23. The Morgan fingerprint density at radius 3 is 2.64 bits per heavy atom. The molecular formula is C15H19N3O4. The Kier molecular flexibility index (Phi) is 4.65. The molecule has 0 aliphatic carbocycles. The van der Waals surface area contributed by atoms with Crippen LogP contribution in [0.1, 0.15) is 26.7 Å². The van der Waals surface area contributed by atoms with E-state index < -0.39 is 11.5 Å². The summed E-state index contributed by atoms with van der Waals surface area (Å²) in [5, 5.41) is 15.7. The topological polar surface area (TPSA) is 97.5 Å². The Hall–Kier alpha value is -2.57. The summed E-state index contributed by atoms with van der Waals surface area (Å²) in [4.78, 5) is 14.9. The number of ether oxygens (including phenoxy) is 1. The van der Waals surface area contributed by atoms with Crippen LogP contribution in [-0.4, -0.2) is 33.9 Å². The van der Waals surface area contributed by atoms with E-state index in [0.717, 1.165) is 11.3 Å². The van der Waals surface area contributed by atoms with E-state index in [9.17, 15) is 4.79 Å². The number of rotatable bonds is 7. The van der Waals surface area contributed by atoms with E-state index in [1.165, 1.54) is 0 Å². The van der Waals surface area contributed by atoms with Gasteiger partial charge in [-0.15, -0.1) is 0 Å². The van der Waals surface area contributed by atoms with Crippen LogP contribution < -0.4 is 10.1 Å². The van der Waals surface area contributed by atoms with Gasteiger partial charge in [-0.3, -0.25) is 4.79 Å². The predicted molar refractivity (Wildman–Crippen MR) is 80.9 cm³/mol. The molecule has 1 aromatic carbocycles. The number of nitrogens with zero attached hydrogens (tertiary/aromatic N) is 2. The monoisotopic (exact) mass is 305 g/mol. The molecule has 118 valence electrons. The zero-order valence-electron chi connectivity index (χ0n) is 12.8. The Balaban J connectivity index is 2.05. The first-order chi connectivity index (χ1) is 10.4. The molecule has 1 aromatic heterocycles. The van der Waals surface area contributed by atoms with Crippen molar-refractivity contribution in [3.8, 4) is 17.1 Å². The van der Waals surface area contributed by atoms with Crippen LogP contribution in [0.15, 0.2) is 28.8 Å². The van der Waals surface area contributed by atoms with Gasteiger partial charge in [0.2, 0.25) is 5.82 Å². The molecule has 2 aromatic rings. The third-order valence-electron chi connectivity index (χ3n) is 3.18. The van der Waals surface area contributed by atoms with Gasteiger partial charge in [0, 0.05) is 17.5 Å². The molecule has 0 fully saturated rings. The Morgan fingerprint density at radius 2 is 2.05 bits per heavy atom. The van der Waals surface area contributed by atoms with Crippen molar-refractivity contribution < 1.29 is 19.2 Å². The van der Waals surface area contributed by atoms with E-state index in [0.29, 0.717) is 12.2 Å². The molecule has 1 heterocycles. The van der Waals surface area contributed by atoms with Crippen LogP contribution in [0.4, 0.5) is 6.01 Å². The highest BCUT2D eigenvalue weighted by Gasteiger charge is 2.22. The van der Waals surface area contributed by atoms with Crippen molar-refractivity contribution in [1.29, 1.82) is 0 Å². The summed E-state index contributed by atoms with van der Waals surface area (Å²) in [6.45, 7) is 3.76. The van der Waals surface area contributed by atoms with Crippen molar-refractivity contribution in [2.45, 2.75) is 32.2 Å². The lowest BCUT2D eigenvalue weighted by Crippen LogP contribution is -2.31. The van der Waals surface area contributed by atoms with Gasteiger partial charge in [0.1, 0.15) is 5.75 Å². The van der Waals surface area contributed by atoms with Gasteiger partial charge in [0.05, 0.1) is 7.11 Å². The normalized spacial score (nSPS) is 11.2. The summed E-state index contributed by atoms with van der Waals surface area (Å²) < 4.78 is 10.3. The van der Waals surface area contributed by atoms with Crippen molar-refractivity contribution in [2.24, 2.45) is 0 Å². The fourth-order valence-electron chi connectivity index (χ4n) is 1.90. The summed E-state index contributed by atoms with van der Waals surface area (Å²) >= 11 is 0. The van der Waals surface area contributed by atoms with Crippen LogP contribution in [0.5, 0.6) is 5.75 Å². The number of methoxy groups -OCH3 is 1. The smallest absolute Gasteiger partial charge is 0.322 e. The molecule has 7 nitrogen and oxygen atoms in total. The Labute approximate surface area is 128 Å². The summed E-state index contributed by atoms with van der Waals surface area (Å²) in [7, 11) is 1.60. The first kappa shape index (κ1) is 15.8. The molecule has 0 saturated heterocycles. The minimum absolute atomic E-state index is 0.0689. The van der Waals surface area contributed by atoms with Gasteiger partial charge in [0.15, 0.2) is 0 Å². The summed E-state index contributed by atoms with van der Waals surface area (Å²) in [6.07, 6.45) is 0.516. The Bertz CT molecular complexity index is 634. The van der Waals surface area contributed by atoms with Gasteiger partial charge in [-0.05, 0) is 44.5 Å². The van der Waals surface area contributed by atoms with Crippen molar-refractivity contribution in [2.75, 3.05) is 12.4 Å². The van der Waals surface area contributed by atoms with Gasteiger partial charge >= 0.3 is 12.0 Å². The molecule has 0 atom stereocenters. The molecule has 2 rings (SSSR count). The highest BCUT2D eigenvalue weighted by atomic mass is 16.5. The molecule has 7 heteroatoms. The van der Waals surface area contributed by atoms with Gasteiger partial charge in [-0.25, -0.2) is 0 Å². The minimum Gasteiger partial charge on any atom is -0.497 e. The second-order valence-corrected chi connectivity index (χ2v) is 5.55. The fourth-order valence-corrected chi connectivity index (χ4v) is 1.90. The van der Waals surface area contributed by atoms with E-state index in [1.54, 1.807) is 7.11 Å². The number of carbonyl (C=O) groups is 1. The number of aromatic nitrogens is 2. The van der Waals surface area contributed by atoms with Crippen LogP contribution in [-0.2, 0) is 4.79 Å². The maximum Gasteiger partial charge on any atom is 0.322 e. The predicted octanol–water partition coefficient (Wildman–Crippen LogP) is 2.80. The van der Waals surface area contributed by atoms with E-state index in [-0.39, 0.29) is 12.4 Å². The molecule has 0 aliphatic heterocycles. The summed E-state index contributed by atoms with van der Waals surface area (Å²) in [5.41, 5.74) is 0.350. The molecule has 0 aliphatic rings. The van der Waals surface area contributed by atoms with E-state index in [2.05, 4.69) is 15.5 Å². The maximum absolute atomic E-state index is 10.7. The third-order valence-corrected chi connectivity index (χ3v) is 3.18. The zero-order chi connectivity index (χ0) is 16.2. The first-order valence-electron chi connectivity index (χ1n) is 6.88. The lowest BCUT2D eigenvalue weighted by molar-refractivity contribution is -0.137. The van der Waals surface area contributed by atoms with Crippen LogP contribution in [0.25, 0.3) is 11.4 Å². The molecule has 0 spiro atoms. The number of aliphatic carboxylic acids is 1. The number of benzene rings is 1. The van der Waals surface area contributed by atoms with Crippen molar-refractivity contribution in [1.82, 2.24) is 10.1 Å². The Morgan fingerprint density at radius 1 is 1.36 bits per heavy atom. The minimum atomic E-state index is -0.834. The molecule has 0 unspecified atom stereocenters. The third kappa shape index (κ3) is 4.21. The number of carboxylic acids is 1. The van der Waals surface area contributed by atoms with E-state index >= 15 is 0 Å². The lowest BCUT2D eigenvalue weighted by atomic mass is 9.99. The molecule has 0 bridgehead atoms. The molecule has 0 amide bonds. The van der Waals surface area contributed by atoms with E-state index in [4.69, 9.17) is 14.4 Å². The average molecular weight is 305 g/mol. The highest BCUT2D eigenvalue weighted by molar-refractivity contribution is 5.66. The first-order valence-corrected chi connectivity index (χ1v) is 6.88. The number of hydrogen-bond acceptors (Lipinski definition) is 6. The molecule has 2 N–H and O–H groups in total. The summed E-state index contributed by atoms with van der Waals surface area (Å²) in [5.74, 6) is 0.374. The maximum atomic E-state index is 10.7. The van der Waals surface area contributed by atoms with Gasteiger partial charge in [-0.2, -0.15) is 4.98 Å². The molecule has 22 heavy (non-hydrogen) atoms. The van der Waals surface area contributed by atoms with Crippen molar-refractivity contribution in [3.05, 3.63) is 24.3 Å². The van der Waals surface area contributed by atoms with Crippen LogP contribution in [0.3, 0.4) is 0 Å². The largest absolute Gasteiger partial charge is 0.497 e. The van der Waals surface area contributed by atoms with Gasteiger partial charge < -0.3 is 19.7 Å². The molecule has 0 radical (unpaired) electrons. The number of hydrogen-bond donors (Lipinski definition) is 2. The fraction of sp³-hybridized carbons (Fsp3) is 0.400. The second-order valence-electron chi connectivity index (χ2n) is 5.55. The number of carboxylic acid groups (broad SMARTS) is 1.